The molecule has 0 atom stereocenters. The van der Waals surface area contributed by atoms with Crippen LogP contribution in [0.2, 0.25) is 0 Å². The standard InChI is InChI=1S/C14H14N2O2S2/c1-4-8-16(14-15-7-9-19-14)20(17,18)13-6-5-11(2)12(3)10-13/h1,5-7,9-10H,8H2,2-3H3. The SMILES string of the molecule is C#CCN(c1nccs1)S(=O)(=O)c1ccc(C)c(C)c1. The largest absolute Gasteiger partial charge is 0.267 e. The summed E-state index contributed by atoms with van der Waals surface area (Å²) in [4.78, 5) is 4.26. The van der Waals surface area contributed by atoms with Crippen LogP contribution >= 0.6 is 11.3 Å². The fourth-order valence-electron chi connectivity index (χ4n) is 1.68. The van der Waals surface area contributed by atoms with Crippen LogP contribution in [0.15, 0.2) is 34.7 Å². The van der Waals surface area contributed by atoms with Gasteiger partial charge in [0, 0.05) is 11.6 Å². The fraction of sp³-hybridized carbons (Fsp3) is 0.214. The fourth-order valence-corrected chi connectivity index (χ4v) is 3.97. The molecular formula is C14H14N2O2S2. The summed E-state index contributed by atoms with van der Waals surface area (Å²) in [5, 5.41) is 2.09. The van der Waals surface area contributed by atoms with Crippen molar-refractivity contribution in [2.75, 3.05) is 10.8 Å². The van der Waals surface area contributed by atoms with E-state index in [1.54, 1.807) is 29.8 Å². The zero-order chi connectivity index (χ0) is 14.8. The van der Waals surface area contributed by atoms with Gasteiger partial charge >= 0.3 is 0 Å². The summed E-state index contributed by atoms with van der Waals surface area (Å²) >= 11 is 1.24. The molecule has 1 aromatic heterocycles. The van der Waals surface area contributed by atoms with Crippen LogP contribution in [0.5, 0.6) is 0 Å². The molecule has 0 radical (unpaired) electrons. The number of terminal acetylenes is 1. The van der Waals surface area contributed by atoms with Crippen molar-refractivity contribution in [3.8, 4) is 12.3 Å². The molecule has 0 aliphatic carbocycles. The Bertz CT molecular complexity index is 744. The zero-order valence-electron chi connectivity index (χ0n) is 11.2. The lowest BCUT2D eigenvalue weighted by atomic mass is 10.1. The Morgan fingerprint density at radius 2 is 2.10 bits per heavy atom. The van der Waals surface area contributed by atoms with E-state index in [2.05, 4.69) is 10.9 Å². The van der Waals surface area contributed by atoms with Crippen molar-refractivity contribution < 1.29 is 8.42 Å². The van der Waals surface area contributed by atoms with Crippen LogP contribution in [0, 0.1) is 26.2 Å². The van der Waals surface area contributed by atoms with Crippen LogP contribution in [-0.2, 0) is 10.0 Å². The quantitative estimate of drug-likeness (QED) is 0.816. The van der Waals surface area contributed by atoms with E-state index in [1.807, 2.05) is 13.8 Å². The highest BCUT2D eigenvalue weighted by Crippen LogP contribution is 2.26. The van der Waals surface area contributed by atoms with Gasteiger partial charge in [0.25, 0.3) is 10.0 Å². The maximum Gasteiger partial charge on any atom is 0.267 e. The molecule has 2 aromatic rings. The molecule has 6 heteroatoms. The molecule has 0 saturated heterocycles. The minimum atomic E-state index is -3.69. The Morgan fingerprint density at radius 3 is 2.65 bits per heavy atom. The highest BCUT2D eigenvalue weighted by Gasteiger charge is 2.26. The van der Waals surface area contributed by atoms with Crippen molar-refractivity contribution in [2.24, 2.45) is 0 Å². The summed E-state index contributed by atoms with van der Waals surface area (Å²) < 4.78 is 26.5. The molecule has 0 aliphatic heterocycles. The van der Waals surface area contributed by atoms with Gasteiger partial charge in [-0.15, -0.1) is 17.8 Å². The van der Waals surface area contributed by atoms with Gasteiger partial charge in [0.05, 0.1) is 11.4 Å². The molecule has 0 unspecified atom stereocenters. The Hall–Kier alpha value is -1.84. The van der Waals surface area contributed by atoms with Crippen molar-refractivity contribution in [3.63, 3.8) is 0 Å². The molecule has 1 aromatic carbocycles. The first kappa shape index (κ1) is 14.6. The molecule has 20 heavy (non-hydrogen) atoms. The molecule has 104 valence electrons. The van der Waals surface area contributed by atoms with Gasteiger partial charge in [-0.3, -0.25) is 0 Å². The number of benzene rings is 1. The second kappa shape index (κ2) is 5.65. The lowest BCUT2D eigenvalue weighted by molar-refractivity contribution is 0.593. The number of sulfonamides is 1. The smallest absolute Gasteiger partial charge is 0.229 e. The monoisotopic (exact) mass is 306 g/mol. The average molecular weight is 306 g/mol. The van der Waals surface area contributed by atoms with Gasteiger partial charge < -0.3 is 0 Å². The van der Waals surface area contributed by atoms with Gasteiger partial charge in [0.1, 0.15) is 0 Å². The van der Waals surface area contributed by atoms with E-state index in [-0.39, 0.29) is 11.4 Å². The number of thiazole rings is 1. The molecule has 4 nitrogen and oxygen atoms in total. The van der Waals surface area contributed by atoms with Crippen molar-refractivity contribution in [1.82, 2.24) is 4.98 Å². The number of aryl methyl sites for hydroxylation is 2. The molecule has 0 saturated carbocycles. The second-order valence-corrected chi connectivity index (χ2v) is 7.01. The van der Waals surface area contributed by atoms with Gasteiger partial charge in [-0.1, -0.05) is 12.0 Å². The van der Waals surface area contributed by atoms with Crippen LogP contribution in [0.4, 0.5) is 5.13 Å². The third-order valence-corrected chi connectivity index (χ3v) is 5.58. The van der Waals surface area contributed by atoms with E-state index in [0.717, 1.165) is 15.4 Å². The van der Waals surface area contributed by atoms with Gasteiger partial charge in [-0.2, -0.15) is 0 Å². The van der Waals surface area contributed by atoms with Gasteiger partial charge in [0.2, 0.25) is 0 Å². The van der Waals surface area contributed by atoms with Crippen LogP contribution < -0.4 is 4.31 Å². The summed E-state index contributed by atoms with van der Waals surface area (Å²) in [5.74, 6) is 2.37. The molecule has 0 fully saturated rings. The van der Waals surface area contributed by atoms with Crippen LogP contribution in [0.25, 0.3) is 0 Å². The van der Waals surface area contributed by atoms with Crippen molar-refractivity contribution in [3.05, 3.63) is 40.9 Å². The average Bonchev–Trinajstić information content (AvgIpc) is 2.92. The zero-order valence-corrected chi connectivity index (χ0v) is 12.8. The van der Waals surface area contributed by atoms with Crippen molar-refractivity contribution in [2.45, 2.75) is 18.7 Å². The lowest BCUT2D eigenvalue weighted by Crippen LogP contribution is -2.31. The van der Waals surface area contributed by atoms with Crippen LogP contribution in [-0.4, -0.2) is 19.9 Å². The van der Waals surface area contributed by atoms with Crippen molar-refractivity contribution >= 4 is 26.5 Å². The van der Waals surface area contributed by atoms with Gasteiger partial charge in [-0.05, 0) is 37.1 Å². The molecule has 0 spiro atoms. The topological polar surface area (TPSA) is 50.3 Å². The van der Waals surface area contributed by atoms with E-state index >= 15 is 0 Å². The van der Waals surface area contributed by atoms with Crippen LogP contribution in [0.1, 0.15) is 11.1 Å². The first-order valence-corrected chi connectivity index (χ1v) is 8.21. The highest BCUT2D eigenvalue weighted by atomic mass is 32.2. The highest BCUT2D eigenvalue weighted by molar-refractivity contribution is 7.93. The first-order valence-electron chi connectivity index (χ1n) is 5.90. The number of rotatable bonds is 4. The summed E-state index contributed by atoms with van der Waals surface area (Å²) in [5.41, 5.74) is 1.97. The predicted octanol–water partition coefficient (Wildman–Crippen LogP) is 2.59. The Kier molecular flexibility index (Phi) is 4.12. The lowest BCUT2D eigenvalue weighted by Gasteiger charge is -2.19. The maximum absolute atomic E-state index is 12.7. The van der Waals surface area contributed by atoms with E-state index in [4.69, 9.17) is 6.42 Å². The van der Waals surface area contributed by atoms with Crippen LogP contribution in [0.3, 0.4) is 0 Å². The normalized spacial score (nSPS) is 11.1. The number of aromatic nitrogens is 1. The third kappa shape index (κ3) is 2.69. The van der Waals surface area contributed by atoms with Gasteiger partial charge in [0.15, 0.2) is 5.13 Å². The first-order chi connectivity index (χ1) is 9.46. The van der Waals surface area contributed by atoms with E-state index in [9.17, 15) is 8.42 Å². The Balaban J connectivity index is 2.51. The van der Waals surface area contributed by atoms with Crippen molar-refractivity contribution in [1.29, 1.82) is 0 Å². The predicted molar refractivity (Wildman–Crippen MR) is 81.4 cm³/mol. The van der Waals surface area contributed by atoms with Gasteiger partial charge in [-0.25, -0.2) is 17.7 Å². The minimum absolute atomic E-state index is 0.0389. The number of hydrogen-bond acceptors (Lipinski definition) is 4. The second-order valence-electron chi connectivity index (χ2n) is 4.28. The summed E-state index contributed by atoms with van der Waals surface area (Å²) in [7, 11) is -3.69. The van der Waals surface area contributed by atoms with E-state index in [0.29, 0.717) is 5.13 Å². The number of nitrogens with zero attached hydrogens (tertiary/aromatic N) is 2. The van der Waals surface area contributed by atoms with E-state index in [1.165, 1.54) is 11.3 Å². The molecule has 1 heterocycles. The summed E-state index contributed by atoms with van der Waals surface area (Å²) in [6.07, 6.45) is 6.84. The molecule has 0 N–H and O–H groups in total. The minimum Gasteiger partial charge on any atom is -0.229 e. The molecule has 0 aliphatic rings. The van der Waals surface area contributed by atoms with E-state index < -0.39 is 10.0 Å². The summed E-state index contributed by atoms with van der Waals surface area (Å²) in [6.45, 7) is 3.78. The Labute approximate surface area is 123 Å². The third-order valence-electron chi connectivity index (χ3n) is 2.93. The number of anilines is 1. The molecule has 0 bridgehead atoms. The summed E-state index contributed by atoms with van der Waals surface area (Å²) in [6, 6.07) is 5.04. The molecular weight excluding hydrogens is 292 g/mol. The number of hydrogen-bond donors (Lipinski definition) is 0. The molecule has 2 rings (SSSR count). The Morgan fingerprint density at radius 1 is 1.35 bits per heavy atom. The molecule has 0 amide bonds. The maximum atomic E-state index is 12.7.